The van der Waals surface area contributed by atoms with Gasteiger partial charge in [-0.05, 0) is 67.9 Å². The summed E-state index contributed by atoms with van der Waals surface area (Å²) in [7, 11) is -0.950. The van der Waals surface area contributed by atoms with E-state index in [9.17, 15) is 13.2 Å². The summed E-state index contributed by atoms with van der Waals surface area (Å²) in [6, 6.07) is 19.8. The zero-order valence-corrected chi connectivity index (χ0v) is 22.1. The molecule has 1 amide bonds. The van der Waals surface area contributed by atoms with Gasteiger partial charge in [-0.25, -0.2) is 13.8 Å². The molecule has 0 fully saturated rings. The molecule has 37 heavy (non-hydrogen) atoms. The average molecular weight is 526 g/mol. The molecule has 0 saturated heterocycles. The van der Waals surface area contributed by atoms with Crippen molar-refractivity contribution in [1.29, 1.82) is 0 Å². The number of nitrogens with one attached hydrogen (secondary N) is 1. The van der Waals surface area contributed by atoms with Crippen LogP contribution in [0.2, 0.25) is 0 Å². The molecule has 0 bridgehead atoms. The fourth-order valence-corrected chi connectivity index (χ4v) is 5.01. The Balaban J connectivity index is 1.88. The van der Waals surface area contributed by atoms with E-state index in [1.165, 1.54) is 19.2 Å². The molecule has 196 valence electrons. The van der Waals surface area contributed by atoms with Gasteiger partial charge in [-0.2, -0.15) is 5.10 Å². The first-order valence-corrected chi connectivity index (χ1v) is 13.2. The molecule has 0 aliphatic rings. The van der Waals surface area contributed by atoms with Crippen molar-refractivity contribution < 1.29 is 27.4 Å². The highest BCUT2D eigenvalue weighted by molar-refractivity contribution is 7.92. The summed E-state index contributed by atoms with van der Waals surface area (Å²) in [6.45, 7) is 3.76. The van der Waals surface area contributed by atoms with Crippen molar-refractivity contribution >= 4 is 27.3 Å². The van der Waals surface area contributed by atoms with Crippen LogP contribution in [0, 0.1) is 0 Å². The smallest absolute Gasteiger partial charge is 0.264 e. The number of carbonyl (C=O) groups excluding carboxylic acids is 1. The van der Waals surface area contributed by atoms with Crippen LogP contribution in [-0.4, -0.2) is 47.4 Å². The first-order chi connectivity index (χ1) is 17.8. The minimum absolute atomic E-state index is 0.0692. The second kappa shape index (κ2) is 12.8. The van der Waals surface area contributed by atoms with Gasteiger partial charge in [-0.15, -0.1) is 0 Å². The summed E-state index contributed by atoms with van der Waals surface area (Å²) in [5.74, 6) is 1.10. The van der Waals surface area contributed by atoms with Gasteiger partial charge in [0.15, 0.2) is 11.5 Å². The number of carbonyl (C=O) groups is 1. The third kappa shape index (κ3) is 6.79. The molecule has 0 atom stereocenters. The van der Waals surface area contributed by atoms with E-state index in [1.54, 1.807) is 61.7 Å². The monoisotopic (exact) mass is 525 g/mol. The summed E-state index contributed by atoms with van der Waals surface area (Å²) in [5, 5.41) is 4.26. The standard InChI is InChI=1S/C27H31N3O6S/c1-5-24(20-12-17-25(34-3)26(18-20)35-4)28-29-27(31)19-30(21-13-15-22(16-14-21)36-6-2)37(32,33)23-10-8-7-9-11-23/h7-18H,5-6,19H2,1-4H3,(H,29,31)/b28-24-. The van der Waals surface area contributed by atoms with Gasteiger partial charge in [0.2, 0.25) is 0 Å². The zero-order valence-electron chi connectivity index (χ0n) is 21.3. The molecular weight excluding hydrogens is 494 g/mol. The lowest BCUT2D eigenvalue weighted by Gasteiger charge is -2.24. The van der Waals surface area contributed by atoms with Gasteiger partial charge in [0.05, 0.1) is 37.1 Å². The molecule has 0 saturated carbocycles. The molecule has 3 aromatic rings. The van der Waals surface area contributed by atoms with Crippen molar-refractivity contribution in [2.45, 2.75) is 25.2 Å². The maximum Gasteiger partial charge on any atom is 0.264 e. The number of anilines is 1. The molecule has 0 spiro atoms. The van der Waals surface area contributed by atoms with Crippen LogP contribution in [0.15, 0.2) is 82.8 Å². The first-order valence-electron chi connectivity index (χ1n) is 11.7. The Labute approximate surface area is 217 Å². The lowest BCUT2D eigenvalue weighted by molar-refractivity contribution is -0.119. The summed E-state index contributed by atoms with van der Waals surface area (Å²) >= 11 is 0. The topological polar surface area (TPSA) is 107 Å². The molecule has 1 N–H and O–H groups in total. The van der Waals surface area contributed by atoms with Crippen LogP contribution in [0.4, 0.5) is 5.69 Å². The van der Waals surface area contributed by atoms with Crippen LogP contribution in [0.1, 0.15) is 25.8 Å². The zero-order chi connectivity index (χ0) is 26.8. The van der Waals surface area contributed by atoms with Crippen molar-refractivity contribution in [2.75, 3.05) is 31.7 Å². The van der Waals surface area contributed by atoms with Crippen molar-refractivity contribution in [2.24, 2.45) is 5.10 Å². The highest BCUT2D eigenvalue weighted by Gasteiger charge is 2.27. The van der Waals surface area contributed by atoms with Crippen LogP contribution < -0.4 is 23.9 Å². The van der Waals surface area contributed by atoms with Gasteiger partial charge in [0.25, 0.3) is 15.9 Å². The van der Waals surface area contributed by atoms with Crippen LogP contribution >= 0.6 is 0 Å². The average Bonchev–Trinajstić information content (AvgIpc) is 2.93. The second-order valence-corrected chi connectivity index (χ2v) is 9.63. The van der Waals surface area contributed by atoms with E-state index in [0.717, 1.165) is 9.87 Å². The van der Waals surface area contributed by atoms with Gasteiger partial charge >= 0.3 is 0 Å². The third-order valence-electron chi connectivity index (χ3n) is 5.42. The Morgan fingerprint density at radius 3 is 2.19 bits per heavy atom. The molecule has 9 nitrogen and oxygen atoms in total. The van der Waals surface area contributed by atoms with Crippen LogP contribution in [0.25, 0.3) is 0 Å². The number of hydrogen-bond acceptors (Lipinski definition) is 7. The molecule has 3 aromatic carbocycles. The van der Waals surface area contributed by atoms with Crippen LogP contribution in [0.3, 0.4) is 0 Å². The lowest BCUT2D eigenvalue weighted by atomic mass is 10.1. The Kier molecular flexibility index (Phi) is 9.51. The van der Waals surface area contributed by atoms with Gasteiger partial charge in [-0.1, -0.05) is 25.1 Å². The van der Waals surface area contributed by atoms with E-state index in [0.29, 0.717) is 41.7 Å². The molecule has 0 unspecified atom stereocenters. The predicted octanol–water partition coefficient (Wildman–Crippen LogP) is 4.23. The number of hydrogen-bond donors (Lipinski definition) is 1. The molecule has 0 radical (unpaired) electrons. The van der Waals surface area contributed by atoms with Crippen molar-refractivity contribution in [3.05, 3.63) is 78.4 Å². The highest BCUT2D eigenvalue weighted by Crippen LogP contribution is 2.28. The minimum Gasteiger partial charge on any atom is -0.494 e. The van der Waals surface area contributed by atoms with Gasteiger partial charge in [0, 0.05) is 5.56 Å². The minimum atomic E-state index is -4.03. The summed E-state index contributed by atoms with van der Waals surface area (Å²) in [4.78, 5) is 13.0. The van der Waals surface area contributed by atoms with E-state index < -0.39 is 22.5 Å². The number of ether oxygens (including phenoxy) is 3. The van der Waals surface area contributed by atoms with Crippen LogP contribution in [-0.2, 0) is 14.8 Å². The molecule has 0 aliphatic heterocycles. The van der Waals surface area contributed by atoms with Crippen molar-refractivity contribution in [3.63, 3.8) is 0 Å². The van der Waals surface area contributed by atoms with E-state index in [4.69, 9.17) is 14.2 Å². The number of sulfonamides is 1. The molecule has 3 rings (SSSR count). The normalized spacial score (nSPS) is 11.5. The third-order valence-corrected chi connectivity index (χ3v) is 7.21. The molecule has 0 aliphatic carbocycles. The Bertz CT molecular complexity index is 1330. The largest absolute Gasteiger partial charge is 0.494 e. The number of amides is 1. The second-order valence-electron chi connectivity index (χ2n) is 7.77. The van der Waals surface area contributed by atoms with Crippen molar-refractivity contribution in [1.82, 2.24) is 5.43 Å². The number of hydrazone groups is 1. The maximum absolute atomic E-state index is 13.5. The van der Waals surface area contributed by atoms with E-state index >= 15 is 0 Å². The number of benzene rings is 3. The first kappa shape index (κ1) is 27.5. The van der Waals surface area contributed by atoms with E-state index in [-0.39, 0.29) is 4.90 Å². The van der Waals surface area contributed by atoms with Gasteiger partial charge in [-0.3, -0.25) is 9.10 Å². The predicted molar refractivity (Wildman–Crippen MR) is 143 cm³/mol. The quantitative estimate of drug-likeness (QED) is 0.280. The Hall–Kier alpha value is -4.05. The Morgan fingerprint density at radius 2 is 1.59 bits per heavy atom. The van der Waals surface area contributed by atoms with Crippen molar-refractivity contribution in [3.8, 4) is 17.2 Å². The molecule has 0 aromatic heterocycles. The van der Waals surface area contributed by atoms with E-state index in [2.05, 4.69) is 10.5 Å². The van der Waals surface area contributed by atoms with Gasteiger partial charge < -0.3 is 14.2 Å². The number of rotatable bonds is 12. The molecular formula is C27H31N3O6S. The summed E-state index contributed by atoms with van der Waals surface area (Å²) < 4.78 is 44.1. The molecule has 10 heteroatoms. The molecule has 0 heterocycles. The SMILES string of the molecule is CCOc1ccc(N(CC(=O)N/N=C(/CC)c2ccc(OC)c(OC)c2)S(=O)(=O)c2ccccc2)cc1. The maximum atomic E-state index is 13.5. The Morgan fingerprint density at radius 1 is 0.919 bits per heavy atom. The summed E-state index contributed by atoms with van der Waals surface area (Å²) in [6.07, 6.45) is 0.515. The lowest BCUT2D eigenvalue weighted by Crippen LogP contribution is -2.39. The highest BCUT2D eigenvalue weighted by atomic mass is 32.2. The fourth-order valence-electron chi connectivity index (χ4n) is 3.57. The fraction of sp³-hybridized carbons (Fsp3) is 0.259. The van der Waals surface area contributed by atoms with E-state index in [1.807, 2.05) is 19.9 Å². The summed E-state index contributed by atoms with van der Waals surface area (Å²) in [5.41, 5.74) is 4.15. The number of methoxy groups -OCH3 is 2. The number of nitrogens with zero attached hydrogens (tertiary/aromatic N) is 2. The van der Waals surface area contributed by atoms with Gasteiger partial charge in [0.1, 0.15) is 12.3 Å². The van der Waals surface area contributed by atoms with Crippen LogP contribution in [0.5, 0.6) is 17.2 Å².